The van der Waals surface area contributed by atoms with E-state index in [1.807, 2.05) is 56.3 Å². The molecule has 0 atom stereocenters. The SMILES string of the molecule is COC(=O)COc1ccc(OCC=C(c2ccc(C#Cc3ccc(C)s3)cc2)c2ccc(C(F)(F)F)cc2)cc1C. The first-order valence-corrected chi connectivity index (χ1v) is 13.4. The lowest BCUT2D eigenvalue weighted by molar-refractivity contribution is -0.143. The van der Waals surface area contributed by atoms with Gasteiger partial charge in [0.05, 0.1) is 17.6 Å². The summed E-state index contributed by atoms with van der Waals surface area (Å²) in [6.07, 6.45) is -2.59. The fraction of sp³-hybridized carbons (Fsp3) is 0.182. The van der Waals surface area contributed by atoms with E-state index in [2.05, 4.69) is 16.6 Å². The van der Waals surface area contributed by atoms with Gasteiger partial charge in [-0.2, -0.15) is 13.2 Å². The van der Waals surface area contributed by atoms with E-state index in [0.29, 0.717) is 17.1 Å². The third-order valence-electron chi connectivity index (χ3n) is 6.05. The van der Waals surface area contributed by atoms with E-state index < -0.39 is 17.7 Å². The number of ether oxygens (including phenoxy) is 3. The van der Waals surface area contributed by atoms with Crippen molar-refractivity contribution in [1.29, 1.82) is 0 Å². The number of hydrogen-bond acceptors (Lipinski definition) is 5. The van der Waals surface area contributed by atoms with Crippen LogP contribution in [0, 0.1) is 25.7 Å². The number of halogens is 3. The van der Waals surface area contributed by atoms with Crippen LogP contribution in [-0.4, -0.2) is 26.3 Å². The molecular weight excluding hydrogens is 549 g/mol. The monoisotopic (exact) mass is 576 g/mol. The van der Waals surface area contributed by atoms with Crippen LogP contribution in [0.5, 0.6) is 11.5 Å². The minimum absolute atomic E-state index is 0.164. The number of methoxy groups -OCH3 is 1. The normalized spacial score (nSPS) is 11.4. The highest BCUT2D eigenvalue weighted by molar-refractivity contribution is 7.12. The first kappa shape index (κ1) is 29.5. The van der Waals surface area contributed by atoms with Crippen molar-refractivity contribution in [2.75, 3.05) is 20.3 Å². The van der Waals surface area contributed by atoms with E-state index in [-0.39, 0.29) is 13.2 Å². The number of carbonyl (C=O) groups is 1. The first-order chi connectivity index (χ1) is 19.6. The van der Waals surface area contributed by atoms with Crippen molar-refractivity contribution in [2.45, 2.75) is 20.0 Å². The lowest BCUT2D eigenvalue weighted by Gasteiger charge is -2.13. The molecule has 1 heterocycles. The van der Waals surface area contributed by atoms with E-state index in [4.69, 9.17) is 9.47 Å². The predicted molar refractivity (Wildman–Crippen MR) is 154 cm³/mol. The Balaban J connectivity index is 1.55. The number of aryl methyl sites for hydroxylation is 2. The Morgan fingerprint density at radius 3 is 2.15 bits per heavy atom. The van der Waals surface area contributed by atoms with Crippen molar-refractivity contribution in [3.05, 3.63) is 123 Å². The van der Waals surface area contributed by atoms with Gasteiger partial charge in [0.2, 0.25) is 0 Å². The van der Waals surface area contributed by atoms with Gasteiger partial charge >= 0.3 is 12.1 Å². The van der Waals surface area contributed by atoms with Crippen molar-refractivity contribution in [3.8, 4) is 23.3 Å². The van der Waals surface area contributed by atoms with Crippen molar-refractivity contribution in [2.24, 2.45) is 0 Å². The highest BCUT2D eigenvalue weighted by Gasteiger charge is 2.30. The second-order valence-electron chi connectivity index (χ2n) is 9.03. The summed E-state index contributed by atoms with van der Waals surface area (Å²) < 4.78 is 55.5. The van der Waals surface area contributed by atoms with Crippen molar-refractivity contribution in [1.82, 2.24) is 0 Å². The number of hydrogen-bond donors (Lipinski definition) is 0. The van der Waals surface area contributed by atoms with Gasteiger partial charge in [0, 0.05) is 10.4 Å². The van der Waals surface area contributed by atoms with Crippen LogP contribution in [0.4, 0.5) is 13.2 Å². The largest absolute Gasteiger partial charge is 0.489 e. The molecule has 0 spiro atoms. The Morgan fingerprint density at radius 2 is 1.56 bits per heavy atom. The summed E-state index contributed by atoms with van der Waals surface area (Å²) in [6.45, 7) is 3.82. The summed E-state index contributed by atoms with van der Waals surface area (Å²) in [7, 11) is 1.29. The highest BCUT2D eigenvalue weighted by atomic mass is 32.1. The Labute approximate surface area is 241 Å². The summed E-state index contributed by atoms with van der Waals surface area (Å²) in [5.41, 5.74) is 3.05. The van der Waals surface area contributed by atoms with Gasteiger partial charge in [0.15, 0.2) is 6.61 Å². The van der Waals surface area contributed by atoms with Gasteiger partial charge in [0.25, 0.3) is 0 Å². The molecule has 0 amide bonds. The molecule has 41 heavy (non-hydrogen) atoms. The first-order valence-electron chi connectivity index (χ1n) is 12.6. The number of alkyl halides is 3. The van der Waals surface area contributed by atoms with Crippen LogP contribution in [0.3, 0.4) is 0 Å². The lowest BCUT2D eigenvalue weighted by Crippen LogP contribution is -2.13. The average molecular weight is 577 g/mol. The Hall–Kier alpha value is -4.48. The number of esters is 1. The molecule has 0 bridgehead atoms. The standard InChI is InChI=1S/C33H27F3O4S/c1-22-20-28(14-17-31(22)40-21-32(37)38-3)39-19-18-30(26-10-12-27(13-11-26)33(34,35)36)25-8-5-24(6-9-25)7-16-29-15-4-23(2)41-29/h4-6,8-15,17-18,20H,19,21H2,1-3H3. The molecule has 4 rings (SSSR count). The molecule has 0 saturated carbocycles. The molecule has 4 aromatic rings. The smallest absolute Gasteiger partial charge is 0.416 e. The molecule has 0 saturated heterocycles. The maximum atomic E-state index is 13.2. The van der Waals surface area contributed by atoms with Gasteiger partial charge in [-0.05, 0) is 96.8 Å². The molecular formula is C33H27F3O4S. The van der Waals surface area contributed by atoms with E-state index in [1.54, 1.807) is 29.5 Å². The molecule has 0 aliphatic rings. The van der Waals surface area contributed by atoms with Gasteiger partial charge < -0.3 is 14.2 Å². The number of benzene rings is 3. The quantitative estimate of drug-likeness (QED) is 0.158. The van der Waals surface area contributed by atoms with Crippen LogP contribution in [-0.2, 0) is 15.7 Å². The van der Waals surface area contributed by atoms with Gasteiger partial charge in [0.1, 0.15) is 18.1 Å². The Kier molecular flexibility index (Phi) is 9.53. The topological polar surface area (TPSA) is 44.8 Å². The zero-order chi connectivity index (χ0) is 29.4. The zero-order valence-electron chi connectivity index (χ0n) is 22.7. The Bertz CT molecular complexity index is 1590. The van der Waals surface area contributed by atoms with Crippen LogP contribution in [0.2, 0.25) is 0 Å². The van der Waals surface area contributed by atoms with Crippen molar-refractivity contribution < 1.29 is 32.2 Å². The van der Waals surface area contributed by atoms with Crippen LogP contribution < -0.4 is 9.47 Å². The molecule has 0 unspecified atom stereocenters. The maximum absolute atomic E-state index is 13.2. The third-order valence-corrected chi connectivity index (χ3v) is 6.96. The summed E-state index contributed by atoms with van der Waals surface area (Å²) in [5.74, 6) is 6.93. The molecule has 210 valence electrons. The summed E-state index contributed by atoms with van der Waals surface area (Å²) in [5, 5.41) is 0. The molecule has 8 heteroatoms. The molecule has 0 N–H and O–H groups in total. The van der Waals surface area contributed by atoms with E-state index in [1.165, 1.54) is 24.1 Å². The molecule has 4 nitrogen and oxygen atoms in total. The van der Waals surface area contributed by atoms with E-state index >= 15 is 0 Å². The van der Waals surface area contributed by atoms with Crippen LogP contribution in [0.25, 0.3) is 5.57 Å². The lowest BCUT2D eigenvalue weighted by atomic mass is 9.96. The van der Waals surface area contributed by atoms with Crippen LogP contribution in [0.15, 0.2) is 84.9 Å². The van der Waals surface area contributed by atoms with Gasteiger partial charge in [-0.3, -0.25) is 0 Å². The molecule has 0 aliphatic heterocycles. The van der Waals surface area contributed by atoms with E-state index in [9.17, 15) is 18.0 Å². The second kappa shape index (κ2) is 13.2. The fourth-order valence-corrected chi connectivity index (χ4v) is 4.62. The zero-order valence-corrected chi connectivity index (χ0v) is 23.5. The van der Waals surface area contributed by atoms with Crippen LogP contribution >= 0.6 is 11.3 Å². The molecule has 3 aromatic carbocycles. The van der Waals surface area contributed by atoms with Gasteiger partial charge in [-0.15, -0.1) is 11.3 Å². The third kappa shape index (κ3) is 8.26. The van der Waals surface area contributed by atoms with E-state index in [0.717, 1.165) is 39.3 Å². The minimum atomic E-state index is -4.42. The molecule has 0 radical (unpaired) electrons. The average Bonchev–Trinajstić information content (AvgIpc) is 3.38. The number of carbonyl (C=O) groups excluding carboxylic acids is 1. The maximum Gasteiger partial charge on any atom is 0.416 e. The summed E-state index contributed by atoms with van der Waals surface area (Å²) >= 11 is 1.63. The number of rotatable bonds is 8. The minimum Gasteiger partial charge on any atom is -0.489 e. The van der Waals surface area contributed by atoms with Gasteiger partial charge in [-0.1, -0.05) is 36.1 Å². The molecule has 0 aliphatic carbocycles. The second-order valence-corrected chi connectivity index (χ2v) is 10.3. The highest BCUT2D eigenvalue weighted by Crippen LogP contribution is 2.32. The molecule has 0 fully saturated rings. The summed E-state index contributed by atoms with van der Waals surface area (Å²) in [4.78, 5) is 13.5. The summed E-state index contributed by atoms with van der Waals surface area (Å²) in [6, 6.07) is 21.8. The fourth-order valence-electron chi connectivity index (χ4n) is 3.90. The predicted octanol–water partition coefficient (Wildman–Crippen LogP) is 7.85. The van der Waals surface area contributed by atoms with Crippen LogP contribution in [0.1, 0.15) is 37.6 Å². The van der Waals surface area contributed by atoms with Crippen molar-refractivity contribution in [3.63, 3.8) is 0 Å². The molecule has 1 aromatic heterocycles. The Morgan fingerprint density at radius 1 is 0.878 bits per heavy atom. The van der Waals surface area contributed by atoms with Gasteiger partial charge in [-0.25, -0.2) is 4.79 Å². The number of thiophene rings is 1. The van der Waals surface area contributed by atoms with Crippen molar-refractivity contribution >= 4 is 22.9 Å².